The van der Waals surface area contributed by atoms with Gasteiger partial charge < -0.3 is 10.5 Å². The smallest absolute Gasteiger partial charge is 0.387 e. The molecule has 76 valence electrons. The van der Waals surface area contributed by atoms with Crippen LogP contribution in [0.5, 0.6) is 5.75 Å². The van der Waals surface area contributed by atoms with E-state index in [0.717, 1.165) is 0 Å². The summed E-state index contributed by atoms with van der Waals surface area (Å²) in [7, 11) is 0. The molecule has 0 aliphatic heterocycles. The van der Waals surface area contributed by atoms with Gasteiger partial charge in [0, 0.05) is 6.04 Å². The van der Waals surface area contributed by atoms with Gasteiger partial charge in [0.2, 0.25) is 0 Å². The molecule has 4 heteroatoms. The summed E-state index contributed by atoms with van der Waals surface area (Å²) in [6.07, 6.45) is 1.53. The highest BCUT2D eigenvalue weighted by atomic mass is 19.3. The van der Waals surface area contributed by atoms with E-state index < -0.39 is 6.61 Å². The van der Waals surface area contributed by atoms with E-state index in [2.05, 4.69) is 11.3 Å². The summed E-state index contributed by atoms with van der Waals surface area (Å²) in [6, 6.07) is 5.89. The number of hydrogen-bond acceptors (Lipinski definition) is 2. The first kappa shape index (κ1) is 10.7. The van der Waals surface area contributed by atoms with E-state index in [9.17, 15) is 8.78 Å². The summed E-state index contributed by atoms with van der Waals surface area (Å²) in [5, 5.41) is 0. The van der Waals surface area contributed by atoms with Gasteiger partial charge in [0.25, 0.3) is 0 Å². The third kappa shape index (κ3) is 2.81. The van der Waals surface area contributed by atoms with Gasteiger partial charge in [-0.25, -0.2) is 0 Å². The topological polar surface area (TPSA) is 35.2 Å². The molecule has 0 aliphatic rings. The summed E-state index contributed by atoms with van der Waals surface area (Å²) >= 11 is 0. The minimum Gasteiger partial charge on any atom is -0.435 e. The first-order valence-corrected chi connectivity index (χ1v) is 4.06. The predicted molar refractivity (Wildman–Crippen MR) is 50.2 cm³/mol. The van der Waals surface area contributed by atoms with E-state index in [1.807, 2.05) is 0 Å². The predicted octanol–water partition coefficient (Wildman–Crippen LogP) is 2.47. The van der Waals surface area contributed by atoms with Crippen LogP contribution >= 0.6 is 0 Å². The van der Waals surface area contributed by atoms with Crippen LogP contribution in [0.3, 0.4) is 0 Å². The van der Waals surface area contributed by atoms with Crippen molar-refractivity contribution in [2.75, 3.05) is 0 Å². The van der Waals surface area contributed by atoms with Crippen molar-refractivity contribution in [2.45, 2.75) is 12.7 Å². The molecule has 0 bridgehead atoms. The fraction of sp³-hybridized carbons (Fsp3) is 0.200. The summed E-state index contributed by atoms with van der Waals surface area (Å²) < 4.78 is 27.9. The molecular formula is C10H11F2NO. The molecule has 0 saturated carbocycles. The molecule has 1 atom stereocenters. The standard InChI is InChI=1S/C10H11F2NO/c1-2-9(13)7-4-3-5-8(6-7)14-10(11)12/h2-6,9-10H,1,13H2/t9-/m0/s1. The molecule has 0 heterocycles. The van der Waals surface area contributed by atoms with Crippen molar-refractivity contribution < 1.29 is 13.5 Å². The van der Waals surface area contributed by atoms with Crippen molar-refractivity contribution in [2.24, 2.45) is 5.73 Å². The fourth-order valence-corrected chi connectivity index (χ4v) is 1.03. The van der Waals surface area contributed by atoms with Crippen LogP contribution in [0, 0.1) is 0 Å². The maximum absolute atomic E-state index is 11.9. The van der Waals surface area contributed by atoms with Gasteiger partial charge in [0.1, 0.15) is 5.75 Å². The Bertz CT molecular complexity index is 315. The van der Waals surface area contributed by atoms with Crippen LogP contribution in [-0.2, 0) is 0 Å². The number of hydrogen-bond donors (Lipinski definition) is 1. The molecule has 14 heavy (non-hydrogen) atoms. The van der Waals surface area contributed by atoms with Gasteiger partial charge in [0.15, 0.2) is 0 Å². The fourth-order valence-electron chi connectivity index (χ4n) is 1.03. The Morgan fingerprint density at radius 1 is 1.43 bits per heavy atom. The first-order chi connectivity index (χ1) is 6.63. The van der Waals surface area contributed by atoms with Gasteiger partial charge in [-0.05, 0) is 17.7 Å². The van der Waals surface area contributed by atoms with E-state index in [4.69, 9.17) is 5.73 Å². The summed E-state index contributed by atoms with van der Waals surface area (Å²) in [5.41, 5.74) is 6.33. The Morgan fingerprint density at radius 2 is 2.14 bits per heavy atom. The van der Waals surface area contributed by atoms with Gasteiger partial charge in [-0.2, -0.15) is 8.78 Å². The second-order valence-corrected chi connectivity index (χ2v) is 2.71. The van der Waals surface area contributed by atoms with Crippen LogP contribution in [0.1, 0.15) is 11.6 Å². The zero-order valence-corrected chi connectivity index (χ0v) is 7.49. The highest BCUT2D eigenvalue weighted by Gasteiger charge is 2.06. The maximum Gasteiger partial charge on any atom is 0.387 e. The van der Waals surface area contributed by atoms with Gasteiger partial charge in [-0.3, -0.25) is 0 Å². The van der Waals surface area contributed by atoms with Gasteiger partial charge in [-0.1, -0.05) is 18.2 Å². The molecule has 0 aromatic heterocycles. The van der Waals surface area contributed by atoms with Crippen molar-refractivity contribution in [1.29, 1.82) is 0 Å². The van der Waals surface area contributed by atoms with Crippen molar-refractivity contribution >= 4 is 0 Å². The zero-order chi connectivity index (χ0) is 10.6. The lowest BCUT2D eigenvalue weighted by Crippen LogP contribution is -2.07. The Labute approximate surface area is 81.0 Å². The lowest BCUT2D eigenvalue weighted by molar-refractivity contribution is -0.0498. The average molecular weight is 199 g/mol. The van der Waals surface area contributed by atoms with E-state index in [1.165, 1.54) is 18.2 Å². The molecule has 2 N–H and O–H groups in total. The summed E-state index contributed by atoms with van der Waals surface area (Å²) in [4.78, 5) is 0. The minimum absolute atomic E-state index is 0.106. The number of nitrogens with two attached hydrogens (primary N) is 1. The lowest BCUT2D eigenvalue weighted by atomic mass is 10.1. The Kier molecular flexibility index (Phi) is 3.59. The highest BCUT2D eigenvalue weighted by Crippen LogP contribution is 2.19. The zero-order valence-electron chi connectivity index (χ0n) is 7.49. The summed E-state index contributed by atoms with van der Waals surface area (Å²) in [5.74, 6) is 0.106. The molecular weight excluding hydrogens is 188 g/mol. The van der Waals surface area contributed by atoms with Crippen LogP contribution in [-0.4, -0.2) is 6.61 Å². The van der Waals surface area contributed by atoms with Crippen LogP contribution in [0.25, 0.3) is 0 Å². The van der Waals surface area contributed by atoms with Gasteiger partial charge >= 0.3 is 6.61 Å². The van der Waals surface area contributed by atoms with Crippen molar-refractivity contribution in [3.05, 3.63) is 42.5 Å². The molecule has 0 fully saturated rings. The Hall–Kier alpha value is -1.42. The molecule has 1 aromatic rings. The van der Waals surface area contributed by atoms with Crippen LogP contribution in [0.4, 0.5) is 8.78 Å². The third-order valence-corrected chi connectivity index (χ3v) is 1.72. The third-order valence-electron chi connectivity index (χ3n) is 1.72. The minimum atomic E-state index is -2.81. The molecule has 1 aromatic carbocycles. The van der Waals surface area contributed by atoms with Crippen molar-refractivity contribution in [3.63, 3.8) is 0 Å². The van der Waals surface area contributed by atoms with Crippen LogP contribution < -0.4 is 10.5 Å². The highest BCUT2D eigenvalue weighted by molar-refractivity contribution is 5.31. The normalized spacial score (nSPS) is 12.6. The quantitative estimate of drug-likeness (QED) is 0.756. The number of halogens is 2. The molecule has 0 unspecified atom stereocenters. The van der Waals surface area contributed by atoms with Crippen LogP contribution in [0.2, 0.25) is 0 Å². The van der Waals surface area contributed by atoms with Crippen LogP contribution in [0.15, 0.2) is 36.9 Å². The van der Waals surface area contributed by atoms with Crippen molar-refractivity contribution in [3.8, 4) is 5.75 Å². The molecule has 0 aliphatic carbocycles. The molecule has 0 saturated heterocycles. The van der Waals surface area contributed by atoms with E-state index >= 15 is 0 Å². The molecule has 0 radical (unpaired) electrons. The SMILES string of the molecule is C=C[C@H](N)c1cccc(OC(F)F)c1. The summed E-state index contributed by atoms with van der Waals surface area (Å²) in [6.45, 7) is 0.699. The first-order valence-electron chi connectivity index (χ1n) is 4.06. The average Bonchev–Trinajstić information content (AvgIpc) is 2.16. The molecule has 0 spiro atoms. The van der Waals surface area contributed by atoms with E-state index in [0.29, 0.717) is 5.56 Å². The molecule has 1 rings (SSSR count). The van der Waals surface area contributed by atoms with Gasteiger partial charge in [0.05, 0.1) is 0 Å². The molecule has 0 amide bonds. The molecule has 2 nitrogen and oxygen atoms in total. The Morgan fingerprint density at radius 3 is 2.71 bits per heavy atom. The van der Waals surface area contributed by atoms with Crippen molar-refractivity contribution in [1.82, 2.24) is 0 Å². The maximum atomic E-state index is 11.9. The number of rotatable bonds is 4. The monoisotopic (exact) mass is 199 g/mol. The number of benzene rings is 1. The second kappa shape index (κ2) is 4.72. The van der Waals surface area contributed by atoms with E-state index in [-0.39, 0.29) is 11.8 Å². The number of alkyl halides is 2. The second-order valence-electron chi connectivity index (χ2n) is 2.71. The Balaban J connectivity index is 2.83. The van der Waals surface area contributed by atoms with E-state index in [1.54, 1.807) is 12.1 Å². The largest absolute Gasteiger partial charge is 0.435 e. The number of ether oxygens (including phenoxy) is 1. The van der Waals surface area contributed by atoms with Gasteiger partial charge in [-0.15, -0.1) is 6.58 Å². The lowest BCUT2D eigenvalue weighted by Gasteiger charge is -2.09.